The molecule has 1 N–H and O–H groups in total. The highest BCUT2D eigenvalue weighted by atomic mass is 35.5. The Morgan fingerprint density at radius 2 is 1.67 bits per heavy atom. The predicted octanol–water partition coefficient (Wildman–Crippen LogP) is 7.57. The number of azo groups is 1. The molecule has 36 heavy (non-hydrogen) atoms. The van der Waals surface area contributed by atoms with Gasteiger partial charge in [-0.05, 0) is 48.9 Å². The number of hydrogen-bond donors (Lipinski definition) is 1. The Hall–Kier alpha value is -4.12. The zero-order chi connectivity index (χ0) is 25.7. The molecule has 0 amide bonds. The van der Waals surface area contributed by atoms with Crippen molar-refractivity contribution in [2.75, 3.05) is 5.32 Å². The van der Waals surface area contributed by atoms with E-state index in [1.54, 1.807) is 0 Å². The first-order valence-corrected chi connectivity index (χ1v) is 10.8. The number of aromatic nitrogens is 3. The molecule has 0 bridgehead atoms. The fourth-order valence-corrected chi connectivity index (χ4v) is 3.28. The van der Waals surface area contributed by atoms with E-state index in [1.165, 1.54) is 42.5 Å². The minimum Gasteiger partial charge on any atom is -0.406 e. The Bertz CT molecular complexity index is 1360. The van der Waals surface area contributed by atoms with Gasteiger partial charge >= 0.3 is 6.36 Å². The molecule has 0 spiro atoms. The standard InChI is InChI=1S/C24H17ClF4N6O/c1-14-5-9-16(10-6-14)31-22-32-21(20-18(25)3-2-4-19(20)26)33-23(34-22)35-30-13-15-7-11-17(12-8-15)36-24(27,28)29/h2-12H,13H2,1H3,(H,31,32,33,34). The van der Waals surface area contributed by atoms with E-state index in [4.69, 9.17) is 11.6 Å². The Morgan fingerprint density at radius 1 is 0.944 bits per heavy atom. The topological polar surface area (TPSA) is 84.7 Å². The first-order valence-electron chi connectivity index (χ1n) is 10.4. The van der Waals surface area contributed by atoms with Crippen molar-refractivity contribution in [1.82, 2.24) is 15.0 Å². The highest BCUT2D eigenvalue weighted by molar-refractivity contribution is 6.33. The van der Waals surface area contributed by atoms with E-state index in [1.807, 2.05) is 31.2 Å². The molecule has 4 aromatic rings. The lowest BCUT2D eigenvalue weighted by Crippen LogP contribution is -2.16. The summed E-state index contributed by atoms with van der Waals surface area (Å²) in [5.74, 6) is -1.06. The number of alkyl halides is 3. The highest BCUT2D eigenvalue weighted by Gasteiger charge is 2.30. The molecule has 0 aliphatic heterocycles. The molecular formula is C24H17ClF4N6O. The second-order valence-corrected chi connectivity index (χ2v) is 7.87. The van der Waals surface area contributed by atoms with Crippen molar-refractivity contribution < 1.29 is 22.3 Å². The summed E-state index contributed by atoms with van der Waals surface area (Å²) in [7, 11) is 0. The summed E-state index contributed by atoms with van der Waals surface area (Å²) in [4.78, 5) is 12.7. The van der Waals surface area contributed by atoms with Crippen LogP contribution in [0, 0.1) is 12.7 Å². The lowest BCUT2D eigenvalue weighted by atomic mass is 10.2. The van der Waals surface area contributed by atoms with E-state index < -0.39 is 12.2 Å². The molecule has 0 fully saturated rings. The molecule has 0 saturated carbocycles. The molecule has 3 aromatic carbocycles. The van der Waals surface area contributed by atoms with Crippen molar-refractivity contribution in [2.45, 2.75) is 19.8 Å². The monoisotopic (exact) mass is 516 g/mol. The van der Waals surface area contributed by atoms with E-state index in [9.17, 15) is 17.6 Å². The predicted molar refractivity (Wildman–Crippen MR) is 126 cm³/mol. The zero-order valence-electron chi connectivity index (χ0n) is 18.6. The van der Waals surface area contributed by atoms with Gasteiger partial charge in [0.05, 0.1) is 17.1 Å². The molecule has 1 aromatic heterocycles. The molecule has 184 valence electrons. The average molecular weight is 517 g/mol. The van der Waals surface area contributed by atoms with E-state index in [-0.39, 0.29) is 40.6 Å². The summed E-state index contributed by atoms with van der Waals surface area (Å²) >= 11 is 6.19. The Balaban J connectivity index is 1.60. The number of benzene rings is 3. The molecule has 0 atom stereocenters. The average Bonchev–Trinajstić information content (AvgIpc) is 2.81. The van der Waals surface area contributed by atoms with Crippen LogP contribution in [0.1, 0.15) is 11.1 Å². The van der Waals surface area contributed by atoms with Crippen LogP contribution in [-0.4, -0.2) is 21.3 Å². The number of nitrogens with zero attached hydrogens (tertiary/aromatic N) is 5. The number of aryl methyl sites for hydroxylation is 1. The van der Waals surface area contributed by atoms with Gasteiger partial charge in [0, 0.05) is 5.69 Å². The third-order valence-electron chi connectivity index (χ3n) is 4.69. The van der Waals surface area contributed by atoms with Crippen LogP contribution in [0.4, 0.5) is 35.1 Å². The Kier molecular flexibility index (Phi) is 7.39. The number of hydrogen-bond acceptors (Lipinski definition) is 7. The van der Waals surface area contributed by atoms with Gasteiger partial charge in [0.15, 0.2) is 5.82 Å². The van der Waals surface area contributed by atoms with Gasteiger partial charge in [-0.25, -0.2) is 4.39 Å². The third-order valence-corrected chi connectivity index (χ3v) is 5.00. The van der Waals surface area contributed by atoms with Gasteiger partial charge in [-0.15, -0.1) is 18.3 Å². The zero-order valence-corrected chi connectivity index (χ0v) is 19.3. The summed E-state index contributed by atoms with van der Waals surface area (Å²) < 4.78 is 55.3. The number of anilines is 2. The van der Waals surface area contributed by atoms with Crippen molar-refractivity contribution in [3.8, 4) is 17.1 Å². The SMILES string of the molecule is Cc1ccc(Nc2nc(N=NCc3ccc(OC(F)(F)F)cc3)nc(-c3c(F)cccc3Cl)n2)cc1. The maximum Gasteiger partial charge on any atom is 0.573 e. The first kappa shape index (κ1) is 25.0. The normalized spacial score (nSPS) is 11.6. The molecule has 0 aliphatic rings. The fraction of sp³-hybridized carbons (Fsp3) is 0.125. The van der Waals surface area contributed by atoms with E-state index in [2.05, 4.69) is 35.2 Å². The van der Waals surface area contributed by atoms with Gasteiger partial charge in [-0.2, -0.15) is 20.1 Å². The van der Waals surface area contributed by atoms with Gasteiger partial charge in [-0.1, -0.05) is 47.5 Å². The molecule has 1 heterocycles. The van der Waals surface area contributed by atoms with Gasteiger partial charge < -0.3 is 10.1 Å². The van der Waals surface area contributed by atoms with E-state index in [0.717, 1.165) is 5.56 Å². The summed E-state index contributed by atoms with van der Waals surface area (Å²) in [6.07, 6.45) is -4.77. The molecule has 0 saturated heterocycles. The molecule has 12 heteroatoms. The molecular weight excluding hydrogens is 500 g/mol. The molecule has 4 rings (SSSR count). The van der Waals surface area contributed by atoms with Crippen molar-refractivity contribution in [3.05, 3.63) is 88.7 Å². The van der Waals surface area contributed by atoms with Crippen LogP contribution in [-0.2, 0) is 6.54 Å². The van der Waals surface area contributed by atoms with Gasteiger partial charge in [0.1, 0.15) is 11.6 Å². The number of rotatable bonds is 7. The van der Waals surface area contributed by atoms with Crippen LogP contribution in [0.15, 0.2) is 77.0 Å². The van der Waals surface area contributed by atoms with Crippen LogP contribution >= 0.6 is 11.6 Å². The molecule has 7 nitrogen and oxygen atoms in total. The van der Waals surface area contributed by atoms with E-state index in [0.29, 0.717) is 11.3 Å². The van der Waals surface area contributed by atoms with Crippen molar-refractivity contribution in [3.63, 3.8) is 0 Å². The van der Waals surface area contributed by atoms with Crippen molar-refractivity contribution in [2.24, 2.45) is 10.2 Å². The molecule has 0 unspecified atom stereocenters. The van der Waals surface area contributed by atoms with Gasteiger partial charge in [0.25, 0.3) is 5.95 Å². The maximum absolute atomic E-state index is 14.5. The second kappa shape index (κ2) is 10.6. The highest BCUT2D eigenvalue weighted by Crippen LogP contribution is 2.30. The summed E-state index contributed by atoms with van der Waals surface area (Å²) in [5.41, 5.74) is 2.28. The summed E-state index contributed by atoms with van der Waals surface area (Å²) in [5, 5.41) is 11.1. The van der Waals surface area contributed by atoms with Crippen molar-refractivity contribution in [1.29, 1.82) is 0 Å². The minimum atomic E-state index is -4.77. The lowest BCUT2D eigenvalue weighted by molar-refractivity contribution is -0.274. The smallest absolute Gasteiger partial charge is 0.406 e. The lowest BCUT2D eigenvalue weighted by Gasteiger charge is -2.09. The fourth-order valence-electron chi connectivity index (χ4n) is 3.03. The molecule has 0 radical (unpaired) electrons. The Morgan fingerprint density at radius 3 is 2.33 bits per heavy atom. The third kappa shape index (κ3) is 6.72. The number of halogens is 5. The van der Waals surface area contributed by atoms with Crippen LogP contribution in [0.5, 0.6) is 5.75 Å². The number of nitrogens with one attached hydrogen (secondary N) is 1. The van der Waals surface area contributed by atoms with Crippen LogP contribution in [0.3, 0.4) is 0 Å². The molecule has 0 aliphatic carbocycles. The minimum absolute atomic E-state index is 0.0223. The first-order chi connectivity index (χ1) is 17.2. The Labute approximate surface area is 207 Å². The van der Waals surface area contributed by atoms with Gasteiger partial charge in [-0.3, -0.25) is 0 Å². The summed E-state index contributed by atoms with van der Waals surface area (Å²) in [6.45, 7) is 1.97. The quantitative estimate of drug-likeness (QED) is 0.202. The van der Waals surface area contributed by atoms with Crippen molar-refractivity contribution >= 4 is 29.2 Å². The van der Waals surface area contributed by atoms with Crippen LogP contribution in [0.25, 0.3) is 11.4 Å². The summed E-state index contributed by atoms with van der Waals surface area (Å²) in [6, 6.07) is 16.8. The number of ether oxygens (including phenoxy) is 1. The maximum atomic E-state index is 14.5. The second-order valence-electron chi connectivity index (χ2n) is 7.46. The van der Waals surface area contributed by atoms with Crippen LogP contribution < -0.4 is 10.1 Å². The van der Waals surface area contributed by atoms with E-state index >= 15 is 0 Å². The largest absolute Gasteiger partial charge is 0.573 e. The van der Waals surface area contributed by atoms with Gasteiger partial charge in [0.2, 0.25) is 5.95 Å². The van der Waals surface area contributed by atoms with Crippen LogP contribution in [0.2, 0.25) is 5.02 Å².